The van der Waals surface area contributed by atoms with Gasteiger partial charge in [-0.25, -0.2) is 8.42 Å². The normalized spacial score (nSPS) is 11.2. The highest BCUT2D eigenvalue weighted by atomic mass is 32.2. The summed E-state index contributed by atoms with van der Waals surface area (Å²) in [6.07, 6.45) is 0. The van der Waals surface area contributed by atoms with Crippen molar-refractivity contribution in [3.63, 3.8) is 0 Å². The maximum atomic E-state index is 12.5. The number of rotatable bonds is 4. The Labute approximate surface area is 143 Å². The quantitative estimate of drug-likeness (QED) is 0.746. The Hall–Kier alpha value is -2.63. The van der Waals surface area contributed by atoms with Gasteiger partial charge in [0.1, 0.15) is 9.90 Å². The minimum atomic E-state index is -3.71. The first-order chi connectivity index (χ1) is 11.4. The topological polar surface area (TPSA) is 98.6 Å². The maximum absolute atomic E-state index is 12.5. The van der Waals surface area contributed by atoms with E-state index in [4.69, 9.17) is 5.26 Å². The van der Waals surface area contributed by atoms with E-state index in [1.165, 1.54) is 6.07 Å². The van der Waals surface area contributed by atoms with Crippen LogP contribution in [0.3, 0.4) is 0 Å². The fourth-order valence-electron chi connectivity index (χ4n) is 2.17. The number of H-pyrrole nitrogens is 1. The summed E-state index contributed by atoms with van der Waals surface area (Å²) in [7, 11) is -3.71. The summed E-state index contributed by atoms with van der Waals surface area (Å²) in [6, 6.07) is 11.6. The van der Waals surface area contributed by atoms with Gasteiger partial charge in [-0.2, -0.15) is 10.4 Å². The third-order valence-electron chi connectivity index (χ3n) is 3.58. The van der Waals surface area contributed by atoms with Crippen LogP contribution in [-0.4, -0.2) is 18.6 Å². The Morgan fingerprint density at radius 3 is 2.71 bits per heavy atom. The molecule has 1 aromatic carbocycles. The number of aromatic nitrogens is 2. The van der Waals surface area contributed by atoms with E-state index in [2.05, 4.69) is 14.9 Å². The molecule has 0 bridgehead atoms. The van der Waals surface area contributed by atoms with E-state index < -0.39 is 10.0 Å². The van der Waals surface area contributed by atoms with Crippen molar-refractivity contribution in [3.8, 4) is 16.6 Å². The van der Waals surface area contributed by atoms with Gasteiger partial charge in [0.05, 0.1) is 22.2 Å². The highest BCUT2D eigenvalue weighted by molar-refractivity contribution is 7.94. The molecule has 0 radical (unpaired) electrons. The SMILES string of the molecule is Cc1[nH]nc(-c2ccc(S(=O)(=O)Nc3cccc(C#N)c3)s2)c1C. The fourth-order valence-corrected chi connectivity index (χ4v) is 4.58. The van der Waals surface area contributed by atoms with Gasteiger partial charge in [0.15, 0.2) is 0 Å². The molecule has 0 amide bonds. The second kappa shape index (κ2) is 6.11. The van der Waals surface area contributed by atoms with Gasteiger partial charge in [0, 0.05) is 5.69 Å². The molecular formula is C16H14N4O2S2. The summed E-state index contributed by atoms with van der Waals surface area (Å²) in [6.45, 7) is 3.86. The first-order valence-corrected chi connectivity index (χ1v) is 9.35. The van der Waals surface area contributed by atoms with Crippen molar-refractivity contribution in [3.05, 3.63) is 53.2 Å². The molecule has 2 heterocycles. The van der Waals surface area contributed by atoms with Gasteiger partial charge in [0.2, 0.25) is 0 Å². The van der Waals surface area contributed by atoms with E-state index in [0.29, 0.717) is 11.3 Å². The number of aromatic amines is 1. The molecule has 24 heavy (non-hydrogen) atoms. The van der Waals surface area contributed by atoms with E-state index in [0.717, 1.165) is 33.2 Å². The van der Waals surface area contributed by atoms with Crippen LogP contribution in [0.4, 0.5) is 5.69 Å². The van der Waals surface area contributed by atoms with E-state index in [-0.39, 0.29) is 4.21 Å². The minimum absolute atomic E-state index is 0.194. The minimum Gasteiger partial charge on any atom is -0.282 e. The highest BCUT2D eigenvalue weighted by Gasteiger charge is 2.19. The molecule has 0 saturated carbocycles. The molecule has 0 spiro atoms. The van der Waals surface area contributed by atoms with Crippen LogP contribution < -0.4 is 4.72 Å². The smallest absolute Gasteiger partial charge is 0.271 e. The van der Waals surface area contributed by atoms with Gasteiger partial charge in [-0.3, -0.25) is 9.82 Å². The van der Waals surface area contributed by atoms with Gasteiger partial charge in [-0.1, -0.05) is 6.07 Å². The number of sulfonamides is 1. The van der Waals surface area contributed by atoms with Gasteiger partial charge in [0.25, 0.3) is 10.0 Å². The van der Waals surface area contributed by atoms with Crippen molar-refractivity contribution in [2.24, 2.45) is 0 Å². The number of anilines is 1. The maximum Gasteiger partial charge on any atom is 0.271 e. The van der Waals surface area contributed by atoms with E-state index in [1.807, 2.05) is 19.9 Å². The predicted molar refractivity (Wildman–Crippen MR) is 93.3 cm³/mol. The molecule has 8 heteroatoms. The molecule has 0 aliphatic heterocycles. The largest absolute Gasteiger partial charge is 0.282 e. The molecule has 122 valence electrons. The molecule has 6 nitrogen and oxygen atoms in total. The summed E-state index contributed by atoms with van der Waals surface area (Å²) >= 11 is 1.15. The average Bonchev–Trinajstić information content (AvgIpc) is 3.16. The predicted octanol–water partition coefficient (Wildman–Crippen LogP) is 3.43. The number of benzene rings is 1. The van der Waals surface area contributed by atoms with Crippen LogP contribution in [0.25, 0.3) is 10.6 Å². The van der Waals surface area contributed by atoms with Crippen LogP contribution in [0.1, 0.15) is 16.8 Å². The molecular weight excluding hydrogens is 344 g/mol. The fraction of sp³-hybridized carbons (Fsp3) is 0.125. The Balaban J connectivity index is 1.91. The molecule has 0 fully saturated rings. The molecule has 0 saturated heterocycles. The van der Waals surface area contributed by atoms with E-state index >= 15 is 0 Å². The molecule has 0 unspecified atom stereocenters. The van der Waals surface area contributed by atoms with Gasteiger partial charge in [-0.05, 0) is 49.7 Å². The van der Waals surface area contributed by atoms with Crippen LogP contribution in [0.5, 0.6) is 0 Å². The van der Waals surface area contributed by atoms with Crippen molar-refractivity contribution >= 4 is 27.0 Å². The van der Waals surface area contributed by atoms with Crippen LogP contribution >= 0.6 is 11.3 Å². The standard InChI is InChI=1S/C16H14N4O2S2/c1-10-11(2)18-19-16(10)14-6-7-15(23-14)24(21,22)20-13-5-3-4-12(8-13)9-17/h3-8,20H,1-2H3,(H,18,19). The molecule has 3 aromatic rings. The number of nitrogens with zero attached hydrogens (tertiary/aromatic N) is 2. The van der Waals surface area contributed by atoms with Crippen LogP contribution in [0.2, 0.25) is 0 Å². The van der Waals surface area contributed by atoms with E-state index in [1.54, 1.807) is 30.3 Å². The molecule has 2 N–H and O–H groups in total. The zero-order valence-electron chi connectivity index (χ0n) is 13.0. The molecule has 2 aromatic heterocycles. The zero-order chi connectivity index (χ0) is 17.3. The van der Waals surface area contributed by atoms with Crippen LogP contribution in [-0.2, 0) is 10.0 Å². The van der Waals surface area contributed by atoms with Crippen molar-refractivity contribution in [1.29, 1.82) is 5.26 Å². The number of aryl methyl sites for hydroxylation is 1. The number of hydrogen-bond donors (Lipinski definition) is 2. The van der Waals surface area contributed by atoms with Crippen molar-refractivity contribution < 1.29 is 8.42 Å². The Bertz CT molecular complexity index is 1040. The van der Waals surface area contributed by atoms with Crippen molar-refractivity contribution in [2.45, 2.75) is 18.1 Å². The van der Waals surface area contributed by atoms with Crippen LogP contribution in [0, 0.1) is 25.2 Å². The lowest BCUT2D eigenvalue weighted by Crippen LogP contribution is -2.11. The van der Waals surface area contributed by atoms with Gasteiger partial charge < -0.3 is 0 Å². The second-order valence-electron chi connectivity index (χ2n) is 5.24. The summed E-state index contributed by atoms with van der Waals surface area (Å²) in [5.41, 5.74) is 3.45. The molecule has 0 atom stereocenters. The lowest BCUT2D eigenvalue weighted by Gasteiger charge is -2.06. The summed E-state index contributed by atoms with van der Waals surface area (Å²) in [5, 5.41) is 16.0. The van der Waals surface area contributed by atoms with Gasteiger partial charge >= 0.3 is 0 Å². The summed E-state index contributed by atoms with van der Waals surface area (Å²) in [4.78, 5) is 0.781. The molecule has 0 aliphatic carbocycles. The molecule has 3 rings (SSSR count). The molecule has 0 aliphatic rings. The lowest BCUT2D eigenvalue weighted by molar-refractivity contribution is 0.603. The Morgan fingerprint density at radius 2 is 2.04 bits per heavy atom. The lowest BCUT2D eigenvalue weighted by atomic mass is 10.2. The second-order valence-corrected chi connectivity index (χ2v) is 8.23. The zero-order valence-corrected chi connectivity index (χ0v) is 14.6. The average molecular weight is 358 g/mol. The number of nitrogens with one attached hydrogen (secondary N) is 2. The number of nitriles is 1. The first-order valence-electron chi connectivity index (χ1n) is 7.05. The monoisotopic (exact) mass is 358 g/mol. The first kappa shape index (κ1) is 16.2. The van der Waals surface area contributed by atoms with Gasteiger partial charge in [-0.15, -0.1) is 11.3 Å². The highest BCUT2D eigenvalue weighted by Crippen LogP contribution is 2.33. The number of thiophene rings is 1. The van der Waals surface area contributed by atoms with E-state index in [9.17, 15) is 8.42 Å². The van der Waals surface area contributed by atoms with Crippen LogP contribution in [0.15, 0.2) is 40.6 Å². The Morgan fingerprint density at radius 1 is 1.25 bits per heavy atom. The van der Waals surface area contributed by atoms with Crippen molar-refractivity contribution in [2.75, 3.05) is 4.72 Å². The third kappa shape index (κ3) is 3.04. The Kier molecular flexibility index (Phi) is 4.13. The summed E-state index contributed by atoms with van der Waals surface area (Å²) in [5.74, 6) is 0. The third-order valence-corrected chi connectivity index (χ3v) is 6.54. The number of hydrogen-bond acceptors (Lipinski definition) is 5. The van der Waals surface area contributed by atoms with Crippen molar-refractivity contribution in [1.82, 2.24) is 10.2 Å². The summed E-state index contributed by atoms with van der Waals surface area (Å²) < 4.78 is 27.7.